The second-order valence-electron chi connectivity index (χ2n) is 8.49. The molecule has 0 aromatic carbocycles. The lowest BCUT2D eigenvalue weighted by Crippen LogP contribution is -2.58. The van der Waals surface area contributed by atoms with Crippen LogP contribution in [-0.2, 0) is 24.0 Å². The Morgan fingerprint density at radius 3 is 1.94 bits per heavy atom. The lowest BCUT2D eigenvalue weighted by Gasteiger charge is -2.25. The van der Waals surface area contributed by atoms with Gasteiger partial charge in [-0.1, -0.05) is 20.3 Å². The van der Waals surface area contributed by atoms with Crippen LogP contribution in [0, 0.1) is 5.92 Å². The maximum atomic E-state index is 12.9. The summed E-state index contributed by atoms with van der Waals surface area (Å²) in [4.78, 5) is 61.1. The van der Waals surface area contributed by atoms with Crippen LogP contribution >= 0.6 is 11.8 Å². The minimum Gasteiger partial charge on any atom is -0.480 e. The number of carbonyl (C=O) groups is 5. The summed E-state index contributed by atoms with van der Waals surface area (Å²) in [5.41, 5.74) is 16.6. The Labute approximate surface area is 204 Å². The standard InChI is InChI=1S/C21H40N6O6S/c1-12(2)10-16(21(32)33)27-20(31)15(11-17(24)28)26-19(30)14(7-9-34-3)25-18(29)13(23)6-4-5-8-22/h12-16H,4-11,22-23H2,1-3H3,(H2,24,28)(H,25,29)(H,26,30)(H,27,31)(H,32,33). The normalized spacial score (nSPS) is 14.5. The van der Waals surface area contributed by atoms with Gasteiger partial charge in [0.2, 0.25) is 23.6 Å². The molecular formula is C21H40N6O6S. The minimum absolute atomic E-state index is 0.0224. The van der Waals surface area contributed by atoms with Crippen molar-refractivity contribution < 1.29 is 29.1 Å². The lowest BCUT2D eigenvalue weighted by atomic mass is 10.0. The zero-order chi connectivity index (χ0) is 26.3. The number of nitrogens with one attached hydrogen (secondary N) is 3. The molecule has 0 aromatic rings. The first kappa shape index (κ1) is 31.6. The van der Waals surface area contributed by atoms with Crippen molar-refractivity contribution in [3.05, 3.63) is 0 Å². The molecule has 4 atom stereocenters. The molecule has 0 bridgehead atoms. The second kappa shape index (κ2) is 17.1. The molecule has 0 saturated heterocycles. The van der Waals surface area contributed by atoms with Crippen molar-refractivity contribution in [2.75, 3.05) is 18.6 Å². The van der Waals surface area contributed by atoms with Crippen LogP contribution in [0.1, 0.15) is 52.4 Å². The summed E-state index contributed by atoms with van der Waals surface area (Å²) in [5.74, 6) is -3.66. The highest BCUT2D eigenvalue weighted by atomic mass is 32.2. The summed E-state index contributed by atoms with van der Waals surface area (Å²) in [6.07, 6.45) is 3.49. The molecule has 34 heavy (non-hydrogen) atoms. The molecule has 0 fully saturated rings. The van der Waals surface area contributed by atoms with Gasteiger partial charge in [0.05, 0.1) is 12.5 Å². The Bertz CT molecular complexity index is 693. The van der Waals surface area contributed by atoms with Crippen LogP contribution in [0.4, 0.5) is 0 Å². The molecule has 4 unspecified atom stereocenters. The monoisotopic (exact) mass is 504 g/mol. The third kappa shape index (κ3) is 13.4. The Morgan fingerprint density at radius 2 is 1.44 bits per heavy atom. The number of hydrogen-bond donors (Lipinski definition) is 7. The van der Waals surface area contributed by atoms with E-state index >= 15 is 0 Å². The Balaban J connectivity index is 5.40. The number of aliphatic carboxylic acids is 1. The smallest absolute Gasteiger partial charge is 0.326 e. The van der Waals surface area contributed by atoms with Crippen molar-refractivity contribution in [2.24, 2.45) is 23.1 Å². The number of nitrogens with two attached hydrogens (primary N) is 3. The fraction of sp³-hybridized carbons (Fsp3) is 0.762. The van der Waals surface area contributed by atoms with Gasteiger partial charge < -0.3 is 38.3 Å². The van der Waals surface area contributed by atoms with E-state index in [0.717, 1.165) is 6.42 Å². The van der Waals surface area contributed by atoms with E-state index in [1.165, 1.54) is 11.8 Å². The van der Waals surface area contributed by atoms with Gasteiger partial charge in [0.25, 0.3) is 0 Å². The van der Waals surface area contributed by atoms with Gasteiger partial charge in [-0.25, -0.2) is 4.79 Å². The molecule has 0 aliphatic heterocycles. The van der Waals surface area contributed by atoms with E-state index in [1.54, 1.807) is 13.8 Å². The van der Waals surface area contributed by atoms with Crippen LogP contribution in [0.15, 0.2) is 0 Å². The summed E-state index contributed by atoms with van der Waals surface area (Å²) < 4.78 is 0. The topological polar surface area (TPSA) is 220 Å². The summed E-state index contributed by atoms with van der Waals surface area (Å²) in [6.45, 7) is 4.07. The highest BCUT2D eigenvalue weighted by molar-refractivity contribution is 7.98. The lowest BCUT2D eigenvalue weighted by molar-refractivity contribution is -0.143. The molecule has 0 aliphatic rings. The van der Waals surface area contributed by atoms with E-state index in [9.17, 15) is 29.1 Å². The van der Waals surface area contributed by atoms with Crippen LogP contribution < -0.4 is 33.2 Å². The highest BCUT2D eigenvalue weighted by Gasteiger charge is 2.31. The van der Waals surface area contributed by atoms with Gasteiger partial charge in [-0.15, -0.1) is 0 Å². The Morgan fingerprint density at radius 1 is 0.882 bits per heavy atom. The van der Waals surface area contributed by atoms with E-state index < -0.39 is 60.2 Å². The van der Waals surface area contributed by atoms with Crippen LogP contribution in [0.25, 0.3) is 0 Å². The van der Waals surface area contributed by atoms with Gasteiger partial charge in [-0.2, -0.15) is 11.8 Å². The number of amides is 4. The summed E-state index contributed by atoms with van der Waals surface area (Å²) >= 11 is 1.46. The van der Waals surface area contributed by atoms with Crippen LogP contribution in [0.5, 0.6) is 0 Å². The van der Waals surface area contributed by atoms with Crippen molar-refractivity contribution in [1.82, 2.24) is 16.0 Å². The second-order valence-corrected chi connectivity index (χ2v) is 9.48. The number of carboxylic acid groups (broad SMARTS) is 1. The molecule has 4 amide bonds. The van der Waals surface area contributed by atoms with Crippen molar-refractivity contribution in [3.63, 3.8) is 0 Å². The molecule has 12 nitrogen and oxygen atoms in total. The van der Waals surface area contributed by atoms with Crippen LogP contribution in [0.2, 0.25) is 0 Å². The predicted octanol–water partition coefficient (Wildman–Crippen LogP) is -1.34. The van der Waals surface area contributed by atoms with Crippen molar-refractivity contribution in [3.8, 4) is 0 Å². The summed E-state index contributed by atoms with van der Waals surface area (Å²) in [6, 6.07) is -4.42. The number of carbonyl (C=O) groups excluding carboxylic acids is 4. The predicted molar refractivity (Wildman–Crippen MR) is 131 cm³/mol. The fourth-order valence-corrected chi connectivity index (χ4v) is 3.54. The van der Waals surface area contributed by atoms with E-state index in [4.69, 9.17) is 17.2 Å². The Kier molecular flexibility index (Phi) is 15.9. The maximum absolute atomic E-state index is 12.9. The third-order valence-electron chi connectivity index (χ3n) is 4.91. The Hall–Kier alpha value is -2.38. The molecule has 0 radical (unpaired) electrons. The average molecular weight is 505 g/mol. The van der Waals surface area contributed by atoms with Gasteiger partial charge in [-0.05, 0) is 50.2 Å². The summed E-state index contributed by atoms with van der Waals surface area (Å²) in [5, 5.41) is 16.7. The van der Waals surface area contributed by atoms with Crippen molar-refractivity contribution in [1.29, 1.82) is 0 Å². The van der Waals surface area contributed by atoms with E-state index in [0.29, 0.717) is 25.1 Å². The molecule has 0 saturated carbocycles. The molecule has 0 rings (SSSR count). The molecule has 0 heterocycles. The van der Waals surface area contributed by atoms with E-state index in [2.05, 4.69) is 16.0 Å². The van der Waals surface area contributed by atoms with Crippen LogP contribution in [0.3, 0.4) is 0 Å². The molecular weight excluding hydrogens is 464 g/mol. The van der Waals surface area contributed by atoms with Gasteiger partial charge in [0.15, 0.2) is 0 Å². The van der Waals surface area contributed by atoms with Crippen LogP contribution in [-0.4, -0.2) is 77.4 Å². The van der Waals surface area contributed by atoms with E-state index in [1.807, 2.05) is 6.26 Å². The molecule has 196 valence electrons. The third-order valence-corrected chi connectivity index (χ3v) is 5.55. The molecule has 0 spiro atoms. The molecule has 10 N–H and O–H groups in total. The first-order valence-corrected chi connectivity index (χ1v) is 12.7. The highest BCUT2D eigenvalue weighted by Crippen LogP contribution is 2.08. The number of carboxylic acids is 1. The quantitative estimate of drug-likeness (QED) is 0.110. The number of unbranched alkanes of at least 4 members (excludes halogenated alkanes) is 1. The van der Waals surface area contributed by atoms with Crippen molar-refractivity contribution >= 4 is 41.4 Å². The number of primary amides is 1. The molecule has 13 heteroatoms. The van der Waals surface area contributed by atoms with Gasteiger partial charge in [0, 0.05) is 0 Å². The fourth-order valence-electron chi connectivity index (χ4n) is 3.07. The SMILES string of the molecule is CSCCC(NC(=O)C(N)CCCCN)C(=O)NC(CC(N)=O)C(=O)NC(CC(C)C)C(=O)O. The number of hydrogen-bond acceptors (Lipinski definition) is 8. The number of rotatable bonds is 18. The minimum atomic E-state index is -1.40. The largest absolute Gasteiger partial charge is 0.480 e. The summed E-state index contributed by atoms with van der Waals surface area (Å²) in [7, 11) is 0. The number of thioether (sulfide) groups is 1. The van der Waals surface area contributed by atoms with Crippen molar-refractivity contribution in [2.45, 2.75) is 76.5 Å². The maximum Gasteiger partial charge on any atom is 0.326 e. The first-order valence-electron chi connectivity index (χ1n) is 11.3. The first-order chi connectivity index (χ1) is 15.9. The molecule has 0 aromatic heterocycles. The zero-order valence-electron chi connectivity index (χ0n) is 20.2. The zero-order valence-corrected chi connectivity index (χ0v) is 21.0. The van der Waals surface area contributed by atoms with Gasteiger partial charge in [-0.3, -0.25) is 19.2 Å². The van der Waals surface area contributed by atoms with E-state index in [-0.39, 0.29) is 18.8 Å². The van der Waals surface area contributed by atoms with Gasteiger partial charge in [0.1, 0.15) is 18.1 Å². The van der Waals surface area contributed by atoms with Gasteiger partial charge >= 0.3 is 5.97 Å². The molecule has 0 aliphatic carbocycles. The average Bonchev–Trinajstić information content (AvgIpc) is 2.74.